The molecule has 0 atom stereocenters. The van der Waals surface area contributed by atoms with Crippen LogP contribution in [-0.2, 0) is 5.41 Å². The highest BCUT2D eigenvalue weighted by atomic mass is 32.1. The third-order valence-corrected chi connectivity index (χ3v) is 2.65. The van der Waals surface area contributed by atoms with E-state index in [4.69, 9.17) is 10.2 Å². The van der Waals surface area contributed by atoms with Gasteiger partial charge in [-0.1, -0.05) is 20.8 Å². The maximum atomic E-state index is 11.0. The van der Waals surface area contributed by atoms with Crippen LogP contribution in [0.15, 0.2) is 0 Å². The van der Waals surface area contributed by atoms with Crippen molar-refractivity contribution in [1.82, 2.24) is 4.37 Å². The summed E-state index contributed by atoms with van der Waals surface area (Å²) in [5, 5.41) is 17.8. The maximum Gasteiger partial charge on any atom is 0.348 e. The molecule has 0 aliphatic carbocycles. The fraction of sp³-hybridized carbons (Fsp3) is 0.444. The summed E-state index contributed by atoms with van der Waals surface area (Å²) in [6, 6.07) is 0. The first-order valence-electron chi connectivity index (χ1n) is 4.22. The van der Waals surface area contributed by atoms with Crippen LogP contribution in [0.4, 0.5) is 0 Å². The van der Waals surface area contributed by atoms with Crippen LogP contribution >= 0.6 is 11.5 Å². The normalized spacial score (nSPS) is 11.4. The smallest absolute Gasteiger partial charge is 0.348 e. The van der Waals surface area contributed by atoms with Crippen LogP contribution in [0.25, 0.3) is 0 Å². The Morgan fingerprint density at radius 2 is 1.73 bits per heavy atom. The van der Waals surface area contributed by atoms with E-state index in [9.17, 15) is 9.59 Å². The molecule has 0 spiro atoms. The van der Waals surface area contributed by atoms with Gasteiger partial charge in [0.25, 0.3) is 0 Å². The topological polar surface area (TPSA) is 87.5 Å². The summed E-state index contributed by atoms with van der Waals surface area (Å²) in [4.78, 5) is 21.5. The molecule has 0 aromatic carbocycles. The highest BCUT2D eigenvalue weighted by molar-refractivity contribution is 7.08. The zero-order chi connectivity index (χ0) is 11.8. The Kier molecular flexibility index (Phi) is 2.81. The number of aromatic carboxylic acids is 2. The lowest BCUT2D eigenvalue weighted by Crippen LogP contribution is -2.17. The van der Waals surface area contributed by atoms with Crippen LogP contribution in [0.2, 0.25) is 0 Å². The quantitative estimate of drug-likeness (QED) is 0.807. The zero-order valence-corrected chi connectivity index (χ0v) is 9.38. The molecule has 0 bridgehead atoms. The third kappa shape index (κ3) is 2.15. The summed E-state index contributed by atoms with van der Waals surface area (Å²) < 4.78 is 3.91. The molecular formula is C9H11NO4S. The van der Waals surface area contributed by atoms with E-state index in [1.54, 1.807) is 20.8 Å². The first-order valence-corrected chi connectivity index (χ1v) is 4.99. The second kappa shape index (κ2) is 3.62. The minimum absolute atomic E-state index is 0.194. The van der Waals surface area contributed by atoms with E-state index < -0.39 is 17.4 Å². The third-order valence-electron chi connectivity index (χ3n) is 1.81. The van der Waals surface area contributed by atoms with E-state index in [1.165, 1.54) is 0 Å². The summed E-state index contributed by atoms with van der Waals surface area (Å²) >= 11 is 0.709. The molecular weight excluding hydrogens is 218 g/mol. The minimum atomic E-state index is -1.25. The van der Waals surface area contributed by atoms with Gasteiger partial charge in [-0.15, -0.1) is 0 Å². The minimum Gasteiger partial charge on any atom is -0.478 e. The SMILES string of the molecule is CC(C)(C)c1nsc(C(=O)O)c1C(=O)O. The Hall–Kier alpha value is -1.43. The monoisotopic (exact) mass is 229 g/mol. The van der Waals surface area contributed by atoms with E-state index in [0.717, 1.165) is 0 Å². The van der Waals surface area contributed by atoms with E-state index in [2.05, 4.69) is 4.37 Å². The number of carboxylic acid groups (broad SMARTS) is 2. The summed E-state index contributed by atoms with van der Waals surface area (Å²) in [5.74, 6) is -2.49. The highest BCUT2D eigenvalue weighted by Crippen LogP contribution is 2.29. The van der Waals surface area contributed by atoms with Crippen molar-refractivity contribution < 1.29 is 19.8 Å². The fourth-order valence-electron chi connectivity index (χ4n) is 1.15. The molecule has 0 unspecified atom stereocenters. The average molecular weight is 229 g/mol. The average Bonchev–Trinajstić information content (AvgIpc) is 2.45. The Morgan fingerprint density at radius 1 is 1.20 bits per heavy atom. The second-order valence-electron chi connectivity index (χ2n) is 4.10. The van der Waals surface area contributed by atoms with Crippen molar-refractivity contribution >= 4 is 23.5 Å². The predicted octanol–water partition coefficient (Wildman–Crippen LogP) is 1.84. The van der Waals surface area contributed by atoms with Crippen molar-refractivity contribution in [3.05, 3.63) is 16.1 Å². The van der Waals surface area contributed by atoms with Crippen LogP contribution in [0, 0.1) is 0 Å². The second-order valence-corrected chi connectivity index (χ2v) is 4.87. The molecule has 1 aromatic rings. The Balaban J connectivity index is 3.44. The van der Waals surface area contributed by atoms with Crippen LogP contribution in [-0.4, -0.2) is 26.5 Å². The van der Waals surface area contributed by atoms with Crippen LogP contribution in [0.3, 0.4) is 0 Å². The van der Waals surface area contributed by atoms with Crippen LogP contribution < -0.4 is 0 Å². The first kappa shape index (κ1) is 11.6. The first-order chi connectivity index (χ1) is 6.75. The van der Waals surface area contributed by atoms with E-state index in [-0.39, 0.29) is 10.4 Å². The number of rotatable bonds is 2. The molecule has 0 amide bonds. The van der Waals surface area contributed by atoms with Crippen molar-refractivity contribution in [2.75, 3.05) is 0 Å². The van der Waals surface area contributed by atoms with Gasteiger partial charge in [-0.3, -0.25) is 0 Å². The van der Waals surface area contributed by atoms with Crippen LogP contribution in [0.1, 0.15) is 46.5 Å². The molecule has 1 heterocycles. The molecule has 2 N–H and O–H groups in total. The fourth-order valence-corrected chi connectivity index (χ4v) is 2.05. The predicted molar refractivity (Wildman–Crippen MR) is 54.7 cm³/mol. The molecule has 0 aliphatic rings. The van der Waals surface area contributed by atoms with Gasteiger partial charge in [0, 0.05) is 5.41 Å². The molecule has 15 heavy (non-hydrogen) atoms. The van der Waals surface area contributed by atoms with E-state index in [1.807, 2.05) is 0 Å². The van der Waals surface area contributed by atoms with Crippen molar-refractivity contribution in [2.45, 2.75) is 26.2 Å². The Bertz CT molecular complexity index is 416. The van der Waals surface area contributed by atoms with Gasteiger partial charge in [0.15, 0.2) is 0 Å². The summed E-state index contributed by atoms with van der Waals surface area (Å²) in [6.45, 7) is 5.38. The van der Waals surface area contributed by atoms with E-state index >= 15 is 0 Å². The molecule has 1 aromatic heterocycles. The lowest BCUT2D eigenvalue weighted by molar-refractivity contribution is 0.0654. The van der Waals surface area contributed by atoms with Crippen molar-refractivity contribution in [3.8, 4) is 0 Å². The molecule has 0 fully saturated rings. The zero-order valence-electron chi connectivity index (χ0n) is 8.57. The molecule has 0 radical (unpaired) electrons. The van der Waals surface area contributed by atoms with Gasteiger partial charge in [0.2, 0.25) is 0 Å². The van der Waals surface area contributed by atoms with Gasteiger partial charge in [-0.25, -0.2) is 9.59 Å². The molecule has 82 valence electrons. The Labute approximate surface area is 90.5 Å². The molecule has 1 rings (SSSR count). The maximum absolute atomic E-state index is 11.0. The lowest BCUT2D eigenvalue weighted by atomic mass is 9.89. The van der Waals surface area contributed by atoms with Gasteiger partial charge in [-0.2, -0.15) is 4.37 Å². The summed E-state index contributed by atoms with van der Waals surface area (Å²) in [7, 11) is 0. The lowest BCUT2D eigenvalue weighted by Gasteiger charge is -2.16. The van der Waals surface area contributed by atoms with Gasteiger partial charge in [0.1, 0.15) is 10.4 Å². The van der Waals surface area contributed by atoms with Gasteiger partial charge < -0.3 is 10.2 Å². The number of hydrogen-bond donors (Lipinski definition) is 2. The standard InChI is InChI=1S/C9H11NO4S/c1-9(2,3)6-4(7(11)12)5(8(13)14)15-10-6/h1-3H3,(H,11,12)(H,13,14). The van der Waals surface area contributed by atoms with Crippen LogP contribution in [0.5, 0.6) is 0 Å². The molecule has 0 saturated carbocycles. The van der Waals surface area contributed by atoms with Crippen molar-refractivity contribution in [3.63, 3.8) is 0 Å². The van der Waals surface area contributed by atoms with Gasteiger partial charge in [0.05, 0.1) is 5.69 Å². The summed E-state index contributed by atoms with van der Waals surface area (Å²) in [6.07, 6.45) is 0. The summed E-state index contributed by atoms with van der Waals surface area (Å²) in [5.41, 5.74) is -0.352. The van der Waals surface area contributed by atoms with Gasteiger partial charge >= 0.3 is 11.9 Å². The number of carboxylic acids is 2. The molecule has 0 aliphatic heterocycles. The van der Waals surface area contributed by atoms with Gasteiger partial charge in [-0.05, 0) is 11.5 Å². The van der Waals surface area contributed by atoms with Crippen molar-refractivity contribution in [1.29, 1.82) is 0 Å². The number of carbonyl (C=O) groups is 2. The molecule has 0 saturated heterocycles. The highest BCUT2D eigenvalue weighted by Gasteiger charge is 2.30. The number of aromatic nitrogens is 1. The van der Waals surface area contributed by atoms with Crippen molar-refractivity contribution in [2.24, 2.45) is 0 Å². The Morgan fingerprint density at radius 3 is 2.07 bits per heavy atom. The molecule has 6 heteroatoms. The largest absolute Gasteiger partial charge is 0.478 e. The van der Waals surface area contributed by atoms with E-state index in [0.29, 0.717) is 17.2 Å². The molecule has 5 nitrogen and oxygen atoms in total. The number of nitrogens with zero attached hydrogens (tertiary/aromatic N) is 1. The number of hydrogen-bond acceptors (Lipinski definition) is 4.